The maximum Gasteiger partial charge on any atom is 0.325 e. The van der Waals surface area contributed by atoms with Gasteiger partial charge < -0.3 is 14.5 Å². The van der Waals surface area contributed by atoms with Gasteiger partial charge in [-0.05, 0) is 45.8 Å². The number of benzene rings is 1. The second kappa shape index (κ2) is 7.28. The molecule has 2 aromatic rings. The molecule has 1 N–H and O–H groups in total. The highest BCUT2D eigenvalue weighted by molar-refractivity contribution is 9.10. The van der Waals surface area contributed by atoms with Gasteiger partial charge in [0.05, 0.1) is 0 Å². The van der Waals surface area contributed by atoms with E-state index < -0.39 is 11.9 Å². The third-order valence-electron chi connectivity index (χ3n) is 2.48. The van der Waals surface area contributed by atoms with Crippen molar-refractivity contribution in [2.45, 2.75) is 6.61 Å². The van der Waals surface area contributed by atoms with Gasteiger partial charge in [-0.15, -0.1) is 0 Å². The first-order valence-electron chi connectivity index (χ1n) is 5.98. The van der Waals surface area contributed by atoms with Gasteiger partial charge in [0.25, 0.3) is 5.91 Å². The van der Waals surface area contributed by atoms with Crippen molar-refractivity contribution in [2.75, 3.05) is 6.54 Å². The Balaban J connectivity index is 1.76. The molecular weight excluding hydrogens is 362 g/mol. The van der Waals surface area contributed by atoms with Crippen LogP contribution in [0.2, 0.25) is 5.02 Å². The van der Waals surface area contributed by atoms with Gasteiger partial charge in [0.1, 0.15) is 13.2 Å². The van der Waals surface area contributed by atoms with Crippen LogP contribution in [0, 0.1) is 0 Å². The number of nitrogens with one attached hydrogen (secondary N) is 1. The summed E-state index contributed by atoms with van der Waals surface area (Å²) in [6.45, 7) is -0.140. The SMILES string of the molecule is O=C(CNC(=O)c1ccc(Br)o1)OCc1cccc(Cl)c1. The van der Waals surface area contributed by atoms with Gasteiger partial charge >= 0.3 is 5.97 Å². The van der Waals surface area contributed by atoms with Crippen LogP contribution in [0.1, 0.15) is 16.1 Å². The normalized spacial score (nSPS) is 10.2. The van der Waals surface area contributed by atoms with Crippen molar-refractivity contribution in [2.24, 2.45) is 0 Å². The molecule has 0 fully saturated rings. The summed E-state index contributed by atoms with van der Waals surface area (Å²) in [6.07, 6.45) is 0. The molecule has 1 aromatic carbocycles. The first-order valence-corrected chi connectivity index (χ1v) is 7.15. The zero-order chi connectivity index (χ0) is 15.2. The van der Waals surface area contributed by atoms with Crippen LogP contribution in [0.5, 0.6) is 0 Å². The second-order valence-electron chi connectivity index (χ2n) is 4.08. The highest BCUT2D eigenvalue weighted by Gasteiger charge is 2.12. The van der Waals surface area contributed by atoms with E-state index in [1.54, 1.807) is 30.3 Å². The number of furan rings is 1. The Bertz CT molecular complexity index is 656. The Morgan fingerprint density at radius 3 is 2.76 bits per heavy atom. The van der Waals surface area contributed by atoms with Crippen molar-refractivity contribution < 1.29 is 18.7 Å². The largest absolute Gasteiger partial charge is 0.460 e. The molecule has 110 valence electrons. The van der Waals surface area contributed by atoms with Crippen LogP contribution in [0.25, 0.3) is 0 Å². The van der Waals surface area contributed by atoms with E-state index in [1.165, 1.54) is 6.07 Å². The van der Waals surface area contributed by atoms with Crippen LogP contribution in [0.3, 0.4) is 0 Å². The lowest BCUT2D eigenvalue weighted by Crippen LogP contribution is -2.30. The van der Waals surface area contributed by atoms with E-state index in [4.69, 9.17) is 20.8 Å². The molecule has 1 amide bonds. The molecule has 1 heterocycles. The standard InChI is InChI=1S/C14H11BrClNO4/c15-12-5-4-11(21-12)14(19)17-7-13(18)20-8-9-2-1-3-10(16)6-9/h1-6H,7-8H2,(H,17,19). The summed E-state index contributed by atoms with van der Waals surface area (Å²) in [6, 6.07) is 10.1. The highest BCUT2D eigenvalue weighted by Crippen LogP contribution is 2.14. The molecule has 0 aliphatic heterocycles. The molecule has 0 spiro atoms. The molecule has 0 bridgehead atoms. The Labute approximate surface area is 134 Å². The number of amides is 1. The Kier molecular flexibility index (Phi) is 5.41. The average Bonchev–Trinajstić information content (AvgIpc) is 2.89. The van der Waals surface area contributed by atoms with E-state index in [0.29, 0.717) is 9.69 Å². The Hall–Kier alpha value is -1.79. The summed E-state index contributed by atoms with van der Waals surface area (Å²) in [5.74, 6) is -0.918. The van der Waals surface area contributed by atoms with E-state index in [1.807, 2.05) is 0 Å². The molecule has 5 nitrogen and oxygen atoms in total. The summed E-state index contributed by atoms with van der Waals surface area (Å²) < 4.78 is 10.5. The summed E-state index contributed by atoms with van der Waals surface area (Å²) in [5.41, 5.74) is 0.775. The van der Waals surface area contributed by atoms with E-state index >= 15 is 0 Å². The minimum Gasteiger partial charge on any atom is -0.460 e. The Morgan fingerprint density at radius 2 is 2.10 bits per heavy atom. The van der Waals surface area contributed by atoms with Gasteiger partial charge in [-0.1, -0.05) is 23.7 Å². The van der Waals surface area contributed by atoms with E-state index in [-0.39, 0.29) is 18.9 Å². The fourth-order valence-corrected chi connectivity index (χ4v) is 2.04. The van der Waals surface area contributed by atoms with Gasteiger partial charge in [-0.2, -0.15) is 0 Å². The molecule has 0 unspecified atom stereocenters. The molecule has 0 aliphatic carbocycles. The van der Waals surface area contributed by atoms with Crippen molar-refractivity contribution >= 4 is 39.4 Å². The van der Waals surface area contributed by atoms with Gasteiger partial charge in [0, 0.05) is 5.02 Å². The van der Waals surface area contributed by atoms with Gasteiger partial charge in [0.15, 0.2) is 10.4 Å². The lowest BCUT2D eigenvalue weighted by molar-refractivity contribution is -0.143. The number of esters is 1. The van der Waals surface area contributed by atoms with Crippen molar-refractivity contribution in [1.29, 1.82) is 0 Å². The molecule has 0 saturated heterocycles. The summed E-state index contributed by atoms with van der Waals surface area (Å²) in [7, 11) is 0. The average molecular weight is 373 g/mol. The molecule has 2 rings (SSSR count). The van der Waals surface area contributed by atoms with Gasteiger partial charge in [-0.25, -0.2) is 0 Å². The smallest absolute Gasteiger partial charge is 0.325 e. The number of halogens is 2. The monoisotopic (exact) mass is 371 g/mol. The lowest BCUT2D eigenvalue weighted by Gasteiger charge is -2.06. The van der Waals surface area contributed by atoms with Crippen LogP contribution >= 0.6 is 27.5 Å². The molecule has 7 heteroatoms. The summed E-state index contributed by atoms with van der Waals surface area (Å²) in [5, 5.41) is 2.98. The third-order valence-corrected chi connectivity index (χ3v) is 3.14. The van der Waals surface area contributed by atoms with Crippen molar-refractivity contribution in [3.8, 4) is 0 Å². The zero-order valence-electron chi connectivity index (χ0n) is 10.8. The van der Waals surface area contributed by atoms with Gasteiger partial charge in [0.2, 0.25) is 0 Å². The second-order valence-corrected chi connectivity index (χ2v) is 5.30. The number of ether oxygens (including phenoxy) is 1. The summed E-state index contributed by atoms with van der Waals surface area (Å²) in [4.78, 5) is 23.2. The topological polar surface area (TPSA) is 68.5 Å². The lowest BCUT2D eigenvalue weighted by atomic mass is 10.2. The maximum atomic E-state index is 11.6. The molecule has 0 aliphatic rings. The van der Waals surface area contributed by atoms with E-state index in [0.717, 1.165) is 5.56 Å². The quantitative estimate of drug-likeness (QED) is 0.819. The predicted octanol–water partition coefficient (Wildman–Crippen LogP) is 3.17. The number of rotatable bonds is 5. The number of hydrogen-bond acceptors (Lipinski definition) is 4. The molecule has 21 heavy (non-hydrogen) atoms. The molecule has 0 saturated carbocycles. The number of carbonyl (C=O) groups is 2. The van der Waals surface area contributed by atoms with E-state index in [9.17, 15) is 9.59 Å². The van der Waals surface area contributed by atoms with Crippen LogP contribution < -0.4 is 5.32 Å². The Morgan fingerprint density at radius 1 is 1.29 bits per heavy atom. The van der Waals surface area contributed by atoms with Crippen molar-refractivity contribution in [1.82, 2.24) is 5.32 Å². The third kappa shape index (κ3) is 4.91. The molecule has 0 radical (unpaired) electrons. The van der Waals surface area contributed by atoms with Crippen LogP contribution in [-0.4, -0.2) is 18.4 Å². The van der Waals surface area contributed by atoms with Crippen LogP contribution in [0.15, 0.2) is 45.5 Å². The maximum absolute atomic E-state index is 11.6. The van der Waals surface area contributed by atoms with Crippen molar-refractivity contribution in [3.63, 3.8) is 0 Å². The number of carbonyl (C=O) groups excluding carboxylic acids is 2. The van der Waals surface area contributed by atoms with Crippen molar-refractivity contribution in [3.05, 3.63) is 57.4 Å². The van der Waals surface area contributed by atoms with Gasteiger partial charge in [-0.3, -0.25) is 9.59 Å². The fourth-order valence-electron chi connectivity index (χ4n) is 1.52. The highest BCUT2D eigenvalue weighted by atomic mass is 79.9. The van der Waals surface area contributed by atoms with Crippen LogP contribution in [0.4, 0.5) is 0 Å². The predicted molar refractivity (Wildman–Crippen MR) is 80.0 cm³/mol. The molecule has 1 aromatic heterocycles. The first kappa shape index (κ1) is 15.6. The van der Waals surface area contributed by atoms with Crippen LogP contribution in [-0.2, 0) is 16.1 Å². The molecule has 0 atom stereocenters. The fraction of sp³-hybridized carbons (Fsp3) is 0.143. The zero-order valence-corrected chi connectivity index (χ0v) is 13.1. The summed E-state index contributed by atoms with van der Waals surface area (Å²) >= 11 is 8.91. The number of hydrogen-bond donors (Lipinski definition) is 1. The minimum atomic E-state index is -0.547. The molecular formula is C14H11BrClNO4. The minimum absolute atomic E-state index is 0.0988. The first-order chi connectivity index (χ1) is 10.0. The van der Waals surface area contributed by atoms with E-state index in [2.05, 4.69) is 21.2 Å².